The fraction of sp³-hybridized carbons (Fsp3) is 0.0968. The maximum atomic E-state index is 13.9. The summed E-state index contributed by atoms with van der Waals surface area (Å²) >= 11 is 8.94. The molecule has 0 spiro atoms. The Bertz CT molecular complexity index is 2040. The molecule has 5 aromatic rings. The number of esters is 1. The third-order valence-electron chi connectivity index (χ3n) is 6.57. The van der Waals surface area contributed by atoms with Crippen LogP contribution in [0.15, 0.2) is 98.0 Å². The van der Waals surface area contributed by atoms with Crippen molar-refractivity contribution in [2.45, 2.75) is 13.0 Å². The number of carbonyl (C=O) groups is 2. The van der Waals surface area contributed by atoms with Crippen molar-refractivity contribution in [3.05, 3.63) is 130 Å². The first-order valence-electron chi connectivity index (χ1n) is 12.8. The van der Waals surface area contributed by atoms with E-state index in [9.17, 15) is 19.5 Å². The molecule has 6 rings (SSSR count). The quantitative estimate of drug-likeness (QED) is 0.238. The molecule has 1 unspecified atom stereocenters. The number of nitrogens with zero attached hydrogens (tertiary/aromatic N) is 2. The summed E-state index contributed by atoms with van der Waals surface area (Å²) in [5.41, 5.74) is 1.62. The van der Waals surface area contributed by atoms with Gasteiger partial charge < -0.3 is 14.3 Å². The van der Waals surface area contributed by atoms with Crippen molar-refractivity contribution < 1.29 is 23.8 Å². The van der Waals surface area contributed by atoms with Crippen molar-refractivity contribution in [2.75, 3.05) is 6.61 Å². The van der Waals surface area contributed by atoms with Gasteiger partial charge in [0.05, 0.1) is 33.0 Å². The highest BCUT2D eigenvalue weighted by Crippen LogP contribution is 2.37. The van der Waals surface area contributed by atoms with Crippen molar-refractivity contribution in [2.24, 2.45) is 4.99 Å². The monoisotopic (exact) mass is 616 g/mol. The van der Waals surface area contributed by atoms with E-state index in [2.05, 4.69) is 0 Å². The van der Waals surface area contributed by atoms with Crippen LogP contribution in [-0.4, -0.2) is 28.2 Å². The molecule has 0 saturated heterocycles. The van der Waals surface area contributed by atoms with Crippen molar-refractivity contribution in [1.82, 2.24) is 4.57 Å². The number of halogens is 1. The molecular formula is C31H21ClN2O6S2. The van der Waals surface area contributed by atoms with E-state index < -0.39 is 18.0 Å². The van der Waals surface area contributed by atoms with Gasteiger partial charge in [0.1, 0.15) is 17.6 Å². The summed E-state index contributed by atoms with van der Waals surface area (Å²) < 4.78 is 13.3. The van der Waals surface area contributed by atoms with Gasteiger partial charge in [0.2, 0.25) is 0 Å². The van der Waals surface area contributed by atoms with E-state index in [1.807, 2.05) is 47.8 Å². The Kier molecular flexibility index (Phi) is 7.51. The smallest absolute Gasteiger partial charge is 0.338 e. The minimum Gasteiger partial charge on any atom is -0.478 e. The maximum Gasteiger partial charge on any atom is 0.338 e. The number of rotatable bonds is 7. The minimum absolute atomic E-state index is 0.0702. The van der Waals surface area contributed by atoms with Crippen LogP contribution in [0.5, 0.6) is 0 Å². The van der Waals surface area contributed by atoms with Crippen LogP contribution >= 0.6 is 34.3 Å². The number of thiophene rings is 1. The Hall–Kier alpha value is -4.51. The van der Waals surface area contributed by atoms with E-state index in [-0.39, 0.29) is 23.3 Å². The first-order valence-corrected chi connectivity index (χ1v) is 14.9. The van der Waals surface area contributed by atoms with E-state index in [1.54, 1.807) is 25.1 Å². The van der Waals surface area contributed by atoms with Crippen LogP contribution in [0.4, 0.5) is 0 Å². The second kappa shape index (κ2) is 11.4. The molecule has 0 aliphatic carbocycles. The van der Waals surface area contributed by atoms with Crippen LogP contribution in [0.2, 0.25) is 5.02 Å². The van der Waals surface area contributed by atoms with Gasteiger partial charge in [0.25, 0.3) is 5.56 Å². The van der Waals surface area contributed by atoms with Gasteiger partial charge in [0, 0.05) is 22.1 Å². The highest BCUT2D eigenvalue weighted by Gasteiger charge is 2.35. The fourth-order valence-corrected chi connectivity index (χ4v) is 6.72. The number of benzene rings is 2. The van der Waals surface area contributed by atoms with Gasteiger partial charge in [-0.05, 0) is 48.7 Å². The molecule has 42 heavy (non-hydrogen) atoms. The summed E-state index contributed by atoms with van der Waals surface area (Å²) in [7, 11) is 0. The minimum atomic E-state index is -1.09. The zero-order valence-corrected chi connectivity index (χ0v) is 24.3. The Labute approximate surface area is 251 Å². The number of fused-ring (bicyclic) bond motifs is 1. The number of ether oxygens (including phenoxy) is 1. The van der Waals surface area contributed by atoms with Crippen LogP contribution in [0.3, 0.4) is 0 Å². The number of carboxylic acid groups (broad SMARTS) is 1. The van der Waals surface area contributed by atoms with Gasteiger partial charge in [-0.3, -0.25) is 9.36 Å². The van der Waals surface area contributed by atoms with E-state index >= 15 is 0 Å². The highest BCUT2D eigenvalue weighted by atomic mass is 35.5. The molecule has 1 atom stereocenters. The molecule has 1 aliphatic heterocycles. The molecule has 4 heterocycles. The molecule has 0 saturated carbocycles. The fourth-order valence-electron chi connectivity index (χ4n) is 4.71. The van der Waals surface area contributed by atoms with Crippen LogP contribution in [0.25, 0.3) is 23.1 Å². The lowest BCUT2D eigenvalue weighted by Crippen LogP contribution is -2.39. The summed E-state index contributed by atoms with van der Waals surface area (Å²) in [6.45, 7) is 1.91. The molecule has 0 amide bonds. The number of thiazole rings is 1. The molecule has 8 nitrogen and oxygen atoms in total. The molecule has 0 radical (unpaired) electrons. The third kappa shape index (κ3) is 5.04. The molecule has 3 aromatic heterocycles. The lowest BCUT2D eigenvalue weighted by Gasteiger charge is -2.24. The van der Waals surface area contributed by atoms with E-state index in [1.165, 1.54) is 45.4 Å². The second-order valence-electron chi connectivity index (χ2n) is 9.15. The van der Waals surface area contributed by atoms with Gasteiger partial charge in [-0.1, -0.05) is 59.3 Å². The molecule has 1 N–H and O–H groups in total. The Morgan fingerprint density at radius 2 is 1.93 bits per heavy atom. The predicted octanol–water partition coefficient (Wildman–Crippen LogP) is 5.61. The zero-order chi connectivity index (χ0) is 29.4. The molecule has 0 fully saturated rings. The molecule has 2 aromatic carbocycles. The molecule has 0 bridgehead atoms. The number of aromatic carboxylic acids is 1. The number of carboxylic acids is 1. The Balaban J connectivity index is 1.52. The van der Waals surface area contributed by atoms with Gasteiger partial charge in [-0.25, -0.2) is 14.6 Å². The predicted molar refractivity (Wildman–Crippen MR) is 161 cm³/mol. The highest BCUT2D eigenvalue weighted by molar-refractivity contribution is 7.10. The first-order chi connectivity index (χ1) is 20.4. The first kappa shape index (κ1) is 27.6. The van der Waals surface area contributed by atoms with E-state index in [0.717, 1.165) is 10.4 Å². The lowest BCUT2D eigenvalue weighted by molar-refractivity contribution is -0.138. The average Bonchev–Trinajstić information content (AvgIpc) is 3.75. The van der Waals surface area contributed by atoms with Crippen molar-refractivity contribution in [3.8, 4) is 11.3 Å². The number of hydrogen-bond donors (Lipinski definition) is 1. The summed E-state index contributed by atoms with van der Waals surface area (Å²) in [5, 5.41) is 11.6. The maximum absolute atomic E-state index is 13.9. The number of carbonyl (C=O) groups excluding carboxylic acids is 1. The normalized spacial score (nSPS) is 14.9. The lowest BCUT2D eigenvalue weighted by atomic mass is 9.97. The molecule has 210 valence electrons. The summed E-state index contributed by atoms with van der Waals surface area (Å²) in [6, 6.07) is 20.0. The van der Waals surface area contributed by atoms with Crippen LogP contribution in [0.1, 0.15) is 39.5 Å². The zero-order valence-electron chi connectivity index (χ0n) is 21.9. The van der Waals surface area contributed by atoms with Crippen molar-refractivity contribution in [3.63, 3.8) is 0 Å². The van der Waals surface area contributed by atoms with Gasteiger partial charge in [0.15, 0.2) is 4.80 Å². The van der Waals surface area contributed by atoms with E-state index in [4.69, 9.17) is 25.7 Å². The third-order valence-corrected chi connectivity index (χ3v) is 8.80. The largest absolute Gasteiger partial charge is 0.478 e. The van der Waals surface area contributed by atoms with Gasteiger partial charge in [-0.2, -0.15) is 0 Å². The van der Waals surface area contributed by atoms with Crippen molar-refractivity contribution in [1.29, 1.82) is 0 Å². The Morgan fingerprint density at radius 1 is 1.12 bits per heavy atom. The van der Waals surface area contributed by atoms with Crippen molar-refractivity contribution >= 4 is 58.0 Å². The summed E-state index contributed by atoms with van der Waals surface area (Å²) in [4.78, 5) is 44.8. The van der Waals surface area contributed by atoms with Gasteiger partial charge >= 0.3 is 11.9 Å². The standard InChI is InChI=1S/C31H21ClN2O6S2/c1-2-39-30(38)25-26(17-7-4-3-5-8-17)33-31-34(27(25)23-9-6-14-41-23)28(35)24(42-31)16-19-11-13-22(40-19)20-15-18(29(36)37)10-12-21(20)32/h3-16,27H,2H2,1H3,(H,36,37)/b24-16+. The second-order valence-corrected chi connectivity index (χ2v) is 11.5. The molecule has 1 aliphatic rings. The summed E-state index contributed by atoms with van der Waals surface area (Å²) in [5.74, 6) is -0.899. The Morgan fingerprint density at radius 3 is 2.64 bits per heavy atom. The average molecular weight is 617 g/mol. The van der Waals surface area contributed by atoms with Crippen LogP contribution in [-0.2, 0) is 9.53 Å². The SMILES string of the molecule is CCOC(=O)C1=C(c2ccccc2)N=c2s/c(=C/c3ccc(-c4cc(C(=O)O)ccc4Cl)o3)c(=O)n2C1c1cccs1. The number of hydrogen-bond acceptors (Lipinski definition) is 8. The topological polar surface area (TPSA) is 111 Å². The molecular weight excluding hydrogens is 596 g/mol. The molecule has 11 heteroatoms. The van der Waals surface area contributed by atoms with Gasteiger partial charge in [-0.15, -0.1) is 11.3 Å². The summed E-state index contributed by atoms with van der Waals surface area (Å²) in [6.07, 6.45) is 1.60. The van der Waals surface area contributed by atoms with Crippen LogP contribution in [0, 0.1) is 0 Å². The number of furan rings is 1. The van der Waals surface area contributed by atoms with E-state index in [0.29, 0.717) is 37.1 Å². The van der Waals surface area contributed by atoms with Crippen LogP contribution < -0.4 is 14.9 Å². The number of aromatic nitrogens is 1.